The first-order valence-corrected chi connectivity index (χ1v) is 8.25. The third-order valence-corrected chi connectivity index (χ3v) is 3.76. The molecular formula is C12H6N3Na3O6S3. The first-order chi connectivity index (χ1) is 11.4. The summed E-state index contributed by atoms with van der Waals surface area (Å²) >= 11 is 3.29. The van der Waals surface area contributed by atoms with Crippen molar-refractivity contribution in [2.75, 3.05) is 0 Å². The summed E-state index contributed by atoms with van der Waals surface area (Å²) in [6.07, 6.45) is 3.79. The average Bonchev–Trinajstić information content (AvgIpc) is 3.29. The zero-order valence-corrected chi connectivity index (χ0v) is 22.9. The Balaban J connectivity index is -0.000000303. The molecule has 0 saturated carbocycles. The minimum absolute atomic E-state index is 0. The summed E-state index contributed by atoms with van der Waals surface area (Å²) in [7, 11) is 0. The number of carbonyl (C=O) groups excluding carboxylic acids is 3. The number of carboxylic acids is 3. The van der Waals surface area contributed by atoms with Crippen LogP contribution in [0.25, 0.3) is 0 Å². The first-order valence-electron chi connectivity index (χ1n) is 5.74. The molecule has 0 unspecified atom stereocenters. The summed E-state index contributed by atoms with van der Waals surface area (Å²) in [6, 6.07) is 0. The quantitative estimate of drug-likeness (QED) is 0.351. The number of hydrogen-bond acceptors (Lipinski definition) is 12. The van der Waals surface area contributed by atoms with Crippen molar-refractivity contribution >= 4 is 52.5 Å². The summed E-state index contributed by atoms with van der Waals surface area (Å²) in [4.78, 5) is 29.8. The van der Waals surface area contributed by atoms with Crippen LogP contribution in [0.2, 0.25) is 0 Å². The Morgan fingerprint density at radius 1 is 0.593 bits per heavy atom. The summed E-state index contributed by atoms with van der Waals surface area (Å²) in [5.41, 5.74) is 0.444. The minimum atomic E-state index is -1.17. The number of carbonyl (C=O) groups is 3. The number of aromatic nitrogens is 3. The molecule has 3 heterocycles. The van der Waals surface area contributed by atoms with Gasteiger partial charge in [0.2, 0.25) is 0 Å². The van der Waals surface area contributed by atoms with Crippen LogP contribution in [0, 0.1) is 0 Å². The predicted octanol–water partition coefficient (Wildman–Crippen LogP) is -10.5. The first kappa shape index (κ1) is 32.0. The second-order valence-electron chi connectivity index (χ2n) is 3.60. The summed E-state index contributed by atoms with van der Waals surface area (Å²) in [5, 5.41) is 34.0. The van der Waals surface area contributed by atoms with Crippen LogP contribution in [0.4, 0.5) is 0 Å². The number of nitrogens with zero attached hydrogens (tertiary/aromatic N) is 3. The van der Waals surface area contributed by atoms with E-state index in [0.29, 0.717) is 0 Å². The van der Waals surface area contributed by atoms with E-state index in [4.69, 9.17) is 0 Å². The summed E-state index contributed by atoms with van der Waals surface area (Å²) in [6.45, 7) is 0. The fourth-order valence-electron chi connectivity index (χ4n) is 0.917. The van der Waals surface area contributed by atoms with Gasteiger partial charge in [0.25, 0.3) is 0 Å². The van der Waals surface area contributed by atoms with Gasteiger partial charge in [-0.1, -0.05) is 0 Å². The minimum Gasteiger partial charge on any atom is -0.545 e. The van der Waals surface area contributed by atoms with Crippen molar-refractivity contribution in [2.24, 2.45) is 0 Å². The molecule has 0 amide bonds. The maximum Gasteiger partial charge on any atom is 1.00 e. The maximum absolute atomic E-state index is 9.92. The van der Waals surface area contributed by atoms with Crippen LogP contribution < -0.4 is 104 Å². The molecule has 0 bridgehead atoms. The Kier molecular flexibility index (Phi) is 21.7. The Hall–Kier alpha value is 0.300. The van der Waals surface area contributed by atoms with Gasteiger partial charge in [-0.2, -0.15) is 0 Å². The normalized spacial score (nSPS) is 8.00. The molecule has 0 aliphatic rings. The molecule has 0 atom stereocenters. The van der Waals surface area contributed by atoms with Gasteiger partial charge in [0.1, 0.15) is 0 Å². The zero-order chi connectivity index (χ0) is 17.9. The van der Waals surface area contributed by atoms with Crippen LogP contribution in [0.3, 0.4) is 0 Å². The summed E-state index contributed by atoms with van der Waals surface area (Å²) < 4.78 is 10.7. The number of aromatic carboxylic acids is 3. The molecular weight excluding hydrogens is 447 g/mol. The van der Waals surface area contributed by atoms with Crippen molar-refractivity contribution in [2.45, 2.75) is 0 Å². The third kappa shape index (κ3) is 14.0. The Labute approximate surface area is 232 Å². The Morgan fingerprint density at radius 2 is 0.815 bits per heavy atom. The van der Waals surface area contributed by atoms with Crippen LogP contribution >= 0.6 is 34.6 Å². The molecule has 0 saturated heterocycles. The standard InChI is InChI=1S/3C4H3NO2S.3Na/c3*6-4(7)3-1-5-8-2-3;;;/h3*1-2H,(H,6,7);;;/q;;;3*+1/p-3. The van der Waals surface area contributed by atoms with Gasteiger partial charge in [0, 0.05) is 51.4 Å². The average molecular weight is 453 g/mol. The van der Waals surface area contributed by atoms with Gasteiger partial charge in [-0.05, 0) is 34.6 Å². The van der Waals surface area contributed by atoms with E-state index in [1.807, 2.05) is 0 Å². The summed E-state index contributed by atoms with van der Waals surface area (Å²) in [5.74, 6) is -3.50. The predicted molar refractivity (Wildman–Crippen MR) is 79.3 cm³/mol. The second-order valence-corrected chi connectivity index (χ2v) is 5.57. The second kappa shape index (κ2) is 18.3. The molecule has 27 heavy (non-hydrogen) atoms. The molecule has 3 rings (SSSR count). The molecule has 3 aromatic rings. The van der Waals surface area contributed by atoms with Gasteiger partial charge in [-0.25, -0.2) is 13.1 Å². The fraction of sp³-hybridized carbons (Fsp3) is 0. The van der Waals surface area contributed by atoms with Crippen molar-refractivity contribution in [3.63, 3.8) is 0 Å². The van der Waals surface area contributed by atoms with Gasteiger partial charge in [0.05, 0.1) is 17.9 Å². The van der Waals surface area contributed by atoms with Crippen LogP contribution in [-0.4, -0.2) is 31.0 Å². The maximum atomic E-state index is 9.92. The van der Waals surface area contributed by atoms with E-state index in [2.05, 4.69) is 13.1 Å². The number of hydrogen-bond donors (Lipinski definition) is 0. The van der Waals surface area contributed by atoms with E-state index in [1.54, 1.807) is 0 Å². The van der Waals surface area contributed by atoms with Crippen LogP contribution in [0.1, 0.15) is 31.1 Å². The van der Waals surface area contributed by atoms with Crippen molar-refractivity contribution < 1.29 is 118 Å². The monoisotopic (exact) mass is 453 g/mol. The largest absolute Gasteiger partial charge is 1.00 e. The molecule has 0 aliphatic heterocycles. The van der Waals surface area contributed by atoms with Crippen LogP contribution in [0.5, 0.6) is 0 Å². The number of rotatable bonds is 3. The van der Waals surface area contributed by atoms with Crippen molar-refractivity contribution in [3.05, 3.63) is 51.4 Å². The third-order valence-electron chi connectivity index (χ3n) is 2.00. The van der Waals surface area contributed by atoms with Gasteiger partial charge in [-0.3, -0.25) is 0 Å². The van der Waals surface area contributed by atoms with Crippen molar-refractivity contribution in [1.29, 1.82) is 0 Å². The van der Waals surface area contributed by atoms with Gasteiger partial charge < -0.3 is 29.7 Å². The zero-order valence-electron chi connectivity index (χ0n) is 14.5. The van der Waals surface area contributed by atoms with E-state index in [9.17, 15) is 29.7 Å². The molecule has 0 fully saturated rings. The Morgan fingerprint density at radius 3 is 0.889 bits per heavy atom. The number of carboxylic acid groups (broad SMARTS) is 3. The van der Waals surface area contributed by atoms with Crippen molar-refractivity contribution in [3.8, 4) is 0 Å². The van der Waals surface area contributed by atoms with E-state index in [0.717, 1.165) is 34.6 Å². The molecule has 126 valence electrons. The molecule has 15 heteroatoms. The molecule has 0 N–H and O–H groups in total. The van der Waals surface area contributed by atoms with E-state index < -0.39 is 17.9 Å². The molecule has 0 radical (unpaired) electrons. The van der Waals surface area contributed by atoms with E-state index in [-0.39, 0.29) is 105 Å². The Bertz CT molecular complexity index is 665. The fourth-order valence-corrected chi connectivity index (χ4v) is 2.43. The van der Waals surface area contributed by atoms with E-state index in [1.165, 1.54) is 34.7 Å². The molecule has 9 nitrogen and oxygen atoms in total. The van der Waals surface area contributed by atoms with Crippen LogP contribution in [-0.2, 0) is 0 Å². The molecule has 0 aromatic carbocycles. The SMILES string of the molecule is O=C([O-])c1cnsc1.O=C([O-])c1cnsc1.O=C([O-])c1cnsc1.[Na+].[Na+].[Na+]. The van der Waals surface area contributed by atoms with Gasteiger partial charge in [-0.15, -0.1) is 0 Å². The van der Waals surface area contributed by atoms with Gasteiger partial charge in [0.15, 0.2) is 0 Å². The smallest absolute Gasteiger partial charge is 0.545 e. The molecule has 3 aromatic heterocycles. The van der Waals surface area contributed by atoms with Crippen molar-refractivity contribution in [1.82, 2.24) is 13.1 Å². The van der Waals surface area contributed by atoms with E-state index >= 15 is 0 Å². The van der Waals surface area contributed by atoms with Gasteiger partial charge >= 0.3 is 88.7 Å². The topological polar surface area (TPSA) is 159 Å². The molecule has 0 aliphatic carbocycles. The van der Waals surface area contributed by atoms with Crippen LogP contribution in [0.15, 0.2) is 34.7 Å². The molecule has 0 spiro atoms.